The first-order chi connectivity index (χ1) is 10.1. The Morgan fingerprint density at radius 3 is 2.09 bits per heavy atom. The summed E-state index contributed by atoms with van der Waals surface area (Å²) in [6, 6.07) is 6.86. The molecular formula is C7H8NO11P3. The number of rotatable bonds is 8. The lowest BCUT2D eigenvalue weighted by Gasteiger charge is -2.17. The van der Waals surface area contributed by atoms with Crippen LogP contribution < -0.4 is 4.52 Å². The van der Waals surface area contributed by atoms with Crippen molar-refractivity contribution in [3.05, 3.63) is 30.3 Å². The molecule has 0 aliphatic carbocycles. The normalized spacial score (nSPS) is 16.7. The number of para-hydroxylation sites is 1. The molecule has 15 heteroatoms. The summed E-state index contributed by atoms with van der Waals surface area (Å²) in [6.07, 6.45) is 0.798. The number of phosphoric acid groups is 3. The molecule has 12 nitrogen and oxygen atoms in total. The Hall–Kier alpha value is -1.31. The fraction of sp³-hybridized carbons (Fsp3) is 0. The van der Waals surface area contributed by atoms with Crippen molar-refractivity contribution in [1.82, 2.24) is 0 Å². The first-order valence-corrected chi connectivity index (χ1v) is 9.45. The first kappa shape index (κ1) is 18.7. The SMILES string of the molecule is O=C=NOP(=O)(Oc1ccccc1)OP(=O)(O)OP(=O)(O)O. The van der Waals surface area contributed by atoms with Crippen LogP contribution in [0.3, 0.4) is 0 Å². The summed E-state index contributed by atoms with van der Waals surface area (Å²) in [4.78, 5) is 35.9. The lowest BCUT2D eigenvalue weighted by molar-refractivity contribution is 0.180. The number of hydrogen-bond acceptors (Lipinski definition) is 9. The number of hydrogen-bond donors (Lipinski definition) is 3. The Balaban J connectivity index is 3.01. The van der Waals surface area contributed by atoms with Gasteiger partial charge in [-0.2, -0.15) is 8.62 Å². The molecule has 22 heavy (non-hydrogen) atoms. The standard InChI is InChI=1S/C7H8NO11P3/c9-6-8-17-22(15,16-7-4-2-1-3-5-7)19-21(13,14)18-20(10,11)12/h1-5H,(H,13,14)(H2,10,11,12). The Kier molecular flexibility index (Phi) is 6.22. The van der Waals surface area contributed by atoms with Crippen molar-refractivity contribution in [1.29, 1.82) is 0 Å². The van der Waals surface area contributed by atoms with Crippen molar-refractivity contribution in [2.24, 2.45) is 5.16 Å². The largest absolute Gasteiger partial charge is 0.618 e. The van der Waals surface area contributed by atoms with Gasteiger partial charge in [0, 0.05) is 5.16 Å². The minimum Gasteiger partial charge on any atom is -0.394 e. The predicted octanol–water partition coefficient (Wildman–Crippen LogP) is 1.67. The van der Waals surface area contributed by atoms with E-state index >= 15 is 0 Å². The molecule has 0 saturated carbocycles. The molecule has 3 N–H and O–H groups in total. The second kappa shape index (κ2) is 7.30. The van der Waals surface area contributed by atoms with Crippen LogP contribution in [0.1, 0.15) is 0 Å². The molecule has 122 valence electrons. The van der Waals surface area contributed by atoms with Crippen LogP contribution in [0, 0.1) is 0 Å². The van der Waals surface area contributed by atoms with Crippen molar-refractivity contribution in [3.8, 4) is 5.75 Å². The van der Waals surface area contributed by atoms with Crippen molar-refractivity contribution < 1.29 is 50.9 Å². The maximum absolute atomic E-state index is 12.0. The van der Waals surface area contributed by atoms with Crippen LogP contribution in [0.5, 0.6) is 5.75 Å². The molecule has 2 unspecified atom stereocenters. The molecule has 0 spiro atoms. The summed E-state index contributed by atoms with van der Waals surface area (Å²) >= 11 is 0. The van der Waals surface area contributed by atoms with E-state index in [4.69, 9.17) is 14.7 Å². The molecule has 0 saturated heterocycles. The second-order valence-electron chi connectivity index (χ2n) is 3.24. The van der Waals surface area contributed by atoms with Gasteiger partial charge in [-0.1, -0.05) is 18.2 Å². The summed E-state index contributed by atoms with van der Waals surface area (Å²) in [6.45, 7) is 0. The zero-order valence-electron chi connectivity index (χ0n) is 10.3. The summed E-state index contributed by atoms with van der Waals surface area (Å²) in [5, 5.41) is 2.42. The zero-order chi connectivity index (χ0) is 16.9. The minimum atomic E-state index is -5.58. The van der Waals surface area contributed by atoms with E-state index < -0.39 is 23.5 Å². The Bertz CT molecular complexity index is 693. The van der Waals surface area contributed by atoms with E-state index in [0.717, 1.165) is 6.08 Å². The summed E-state index contributed by atoms with van der Waals surface area (Å²) in [5.74, 6) is -0.192. The molecule has 2 atom stereocenters. The molecule has 1 rings (SSSR count). The number of benzene rings is 1. The number of nitrogens with zero attached hydrogens (tertiary/aromatic N) is 1. The molecule has 0 aliphatic rings. The fourth-order valence-corrected chi connectivity index (χ4v) is 4.27. The van der Waals surface area contributed by atoms with Crippen LogP contribution >= 0.6 is 23.5 Å². The summed E-state index contributed by atoms with van der Waals surface area (Å²) < 4.78 is 49.9. The van der Waals surface area contributed by atoms with Crippen LogP contribution in [-0.2, 0) is 31.7 Å². The summed E-state index contributed by atoms with van der Waals surface area (Å²) in [7, 11) is -16.1. The van der Waals surface area contributed by atoms with E-state index in [0.29, 0.717) is 0 Å². The van der Waals surface area contributed by atoms with Crippen molar-refractivity contribution in [3.63, 3.8) is 0 Å². The maximum atomic E-state index is 12.0. The number of carbonyl (C=O) groups excluding carboxylic acids is 1. The minimum absolute atomic E-state index is 0.192. The Morgan fingerprint density at radius 2 is 1.59 bits per heavy atom. The average molecular weight is 375 g/mol. The Morgan fingerprint density at radius 1 is 1.00 bits per heavy atom. The smallest absolute Gasteiger partial charge is 0.394 e. The highest BCUT2D eigenvalue weighted by molar-refractivity contribution is 7.67. The van der Waals surface area contributed by atoms with E-state index in [1.807, 2.05) is 0 Å². The van der Waals surface area contributed by atoms with E-state index in [9.17, 15) is 18.5 Å². The molecule has 0 heterocycles. The predicted molar refractivity (Wildman–Crippen MR) is 67.9 cm³/mol. The molecule has 0 radical (unpaired) electrons. The van der Waals surface area contributed by atoms with Gasteiger partial charge in [0.1, 0.15) is 5.75 Å². The highest BCUT2D eigenvalue weighted by Gasteiger charge is 2.45. The highest BCUT2D eigenvalue weighted by atomic mass is 31.3. The third-order valence-corrected chi connectivity index (χ3v) is 5.57. The van der Waals surface area contributed by atoms with E-state index in [1.54, 1.807) is 6.07 Å². The van der Waals surface area contributed by atoms with Gasteiger partial charge in [-0.3, -0.25) is 4.62 Å². The molecule has 0 fully saturated rings. The molecular weight excluding hydrogens is 367 g/mol. The molecule has 0 aliphatic heterocycles. The van der Waals surface area contributed by atoms with Crippen LogP contribution in [0.4, 0.5) is 0 Å². The zero-order valence-corrected chi connectivity index (χ0v) is 13.0. The van der Waals surface area contributed by atoms with Gasteiger partial charge in [0.05, 0.1) is 0 Å². The van der Waals surface area contributed by atoms with Crippen molar-refractivity contribution >= 4 is 29.5 Å². The Labute approximate surface area is 122 Å². The number of isocyanates is 1. The quantitative estimate of drug-likeness (QED) is 0.260. The van der Waals surface area contributed by atoms with Crippen LogP contribution in [0.2, 0.25) is 0 Å². The second-order valence-corrected chi connectivity index (χ2v) is 7.70. The van der Waals surface area contributed by atoms with Crippen LogP contribution in [0.25, 0.3) is 0 Å². The van der Waals surface area contributed by atoms with Gasteiger partial charge in [-0.25, -0.2) is 18.5 Å². The van der Waals surface area contributed by atoms with Crippen LogP contribution in [-0.4, -0.2) is 20.8 Å². The van der Waals surface area contributed by atoms with Gasteiger partial charge < -0.3 is 19.2 Å². The highest BCUT2D eigenvalue weighted by Crippen LogP contribution is 2.67. The van der Waals surface area contributed by atoms with Crippen molar-refractivity contribution in [2.75, 3.05) is 0 Å². The molecule has 1 aromatic rings. The fourth-order valence-electron chi connectivity index (χ4n) is 1.00. The van der Waals surface area contributed by atoms with E-state index in [1.165, 1.54) is 24.3 Å². The first-order valence-electron chi connectivity index (χ1n) is 4.97. The van der Waals surface area contributed by atoms with Gasteiger partial charge in [-0.05, 0) is 12.1 Å². The third kappa shape index (κ3) is 7.11. The van der Waals surface area contributed by atoms with Gasteiger partial charge in [-0.15, -0.1) is 0 Å². The van der Waals surface area contributed by atoms with Gasteiger partial charge in [0.25, 0.3) is 6.08 Å². The average Bonchev–Trinajstić information content (AvgIpc) is 2.33. The summed E-state index contributed by atoms with van der Waals surface area (Å²) in [5.41, 5.74) is 0. The van der Waals surface area contributed by atoms with Crippen LogP contribution in [0.15, 0.2) is 35.5 Å². The molecule has 0 bridgehead atoms. The molecule has 0 aromatic heterocycles. The lowest BCUT2D eigenvalue weighted by Crippen LogP contribution is -2.00. The topological polar surface area (TPSA) is 178 Å². The van der Waals surface area contributed by atoms with E-state index in [-0.39, 0.29) is 5.75 Å². The molecule has 1 aromatic carbocycles. The lowest BCUT2D eigenvalue weighted by atomic mass is 10.3. The van der Waals surface area contributed by atoms with Crippen molar-refractivity contribution in [2.45, 2.75) is 0 Å². The van der Waals surface area contributed by atoms with Gasteiger partial charge >= 0.3 is 23.5 Å². The third-order valence-electron chi connectivity index (χ3n) is 1.55. The van der Waals surface area contributed by atoms with E-state index in [2.05, 4.69) is 22.9 Å². The van der Waals surface area contributed by atoms with Gasteiger partial charge in [0.15, 0.2) is 0 Å². The molecule has 0 amide bonds. The maximum Gasteiger partial charge on any atom is 0.618 e. The van der Waals surface area contributed by atoms with Gasteiger partial charge in [0.2, 0.25) is 0 Å². The monoisotopic (exact) mass is 375 g/mol.